The lowest BCUT2D eigenvalue weighted by Crippen LogP contribution is -2.43. The fourth-order valence-electron chi connectivity index (χ4n) is 3.29. The van der Waals surface area contributed by atoms with Crippen LogP contribution in [0.4, 0.5) is 0 Å². The topological polar surface area (TPSA) is 64.5 Å². The summed E-state index contributed by atoms with van der Waals surface area (Å²) in [6.07, 6.45) is 7.87. The van der Waals surface area contributed by atoms with Crippen LogP contribution in [-0.2, 0) is 9.47 Å². The fraction of sp³-hybridized carbons (Fsp3) is 0.667. The highest BCUT2D eigenvalue weighted by molar-refractivity contribution is 5.92. The van der Waals surface area contributed by atoms with Crippen molar-refractivity contribution in [3.8, 4) is 0 Å². The number of hydrogen-bond donors (Lipinski definition) is 0. The second kappa shape index (κ2) is 6.07. The van der Waals surface area contributed by atoms with Gasteiger partial charge in [0.25, 0.3) is 5.91 Å². The number of methoxy groups -OCH3 is 1. The highest BCUT2D eigenvalue weighted by Crippen LogP contribution is 2.42. The lowest BCUT2D eigenvalue weighted by molar-refractivity contribution is 0.0280. The third-order valence-corrected chi connectivity index (χ3v) is 4.53. The van der Waals surface area contributed by atoms with Gasteiger partial charge in [-0.3, -0.25) is 9.78 Å². The number of carbonyl (C=O) groups excluding carboxylic acids is 1. The monoisotopic (exact) mass is 291 g/mol. The quantitative estimate of drug-likeness (QED) is 0.835. The normalized spacial score (nSPS) is 24.4. The van der Waals surface area contributed by atoms with E-state index in [-0.39, 0.29) is 17.4 Å². The SMILES string of the molecule is COC[C@@H]1CC2(CCN(C(=O)c3cnccn3)CC2)CO1. The molecule has 2 aliphatic rings. The summed E-state index contributed by atoms with van der Waals surface area (Å²) < 4.78 is 11.0. The number of nitrogens with zero attached hydrogens (tertiary/aromatic N) is 3. The molecule has 2 fully saturated rings. The first-order valence-electron chi connectivity index (χ1n) is 7.38. The van der Waals surface area contributed by atoms with E-state index in [0.717, 1.165) is 39.0 Å². The van der Waals surface area contributed by atoms with Gasteiger partial charge < -0.3 is 14.4 Å². The van der Waals surface area contributed by atoms with Gasteiger partial charge >= 0.3 is 0 Å². The molecule has 1 amide bonds. The van der Waals surface area contributed by atoms with E-state index in [0.29, 0.717) is 12.3 Å². The molecule has 1 atom stereocenters. The number of likely N-dealkylation sites (tertiary alicyclic amines) is 1. The second-order valence-electron chi connectivity index (χ2n) is 5.98. The predicted octanol–water partition coefficient (Wildman–Crippen LogP) is 1.13. The number of aromatic nitrogens is 2. The molecule has 6 nitrogen and oxygen atoms in total. The number of rotatable bonds is 3. The molecule has 0 saturated carbocycles. The fourth-order valence-corrected chi connectivity index (χ4v) is 3.29. The van der Waals surface area contributed by atoms with Gasteiger partial charge in [0.05, 0.1) is 25.5 Å². The van der Waals surface area contributed by atoms with Crippen LogP contribution in [0.2, 0.25) is 0 Å². The second-order valence-corrected chi connectivity index (χ2v) is 5.98. The summed E-state index contributed by atoms with van der Waals surface area (Å²) in [5.41, 5.74) is 0.649. The van der Waals surface area contributed by atoms with Gasteiger partial charge in [-0.2, -0.15) is 0 Å². The Balaban J connectivity index is 1.57. The molecule has 0 radical (unpaired) electrons. The van der Waals surface area contributed by atoms with E-state index in [2.05, 4.69) is 9.97 Å². The van der Waals surface area contributed by atoms with Gasteiger partial charge in [-0.25, -0.2) is 4.98 Å². The molecule has 1 aromatic heterocycles. The molecular formula is C15H21N3O3. The van der Waals surface area contributed by atoms with E-state index >= 15 is 0 Å². The maximum atomic E-state index is 12.3. The molecule has 2 aliphatic heterocycles. The maximum Gasteiger partial charge on any atom is 0.274 e. The van der Waals surface area contributed by atoms with Crippen molar-refractivity contribution in [3.05, 3.63) is 24.3 Å². The molecule has 2 saturated heterocycles. The predicted molar refractivity (Wildman–Crippen MR) is 75.8 cm³/mol. The van der Waals surface area contributed by atoms with Crippen LogP contribution in [-0.4, -0.2) is 60.3 Å². The molecule has 3 rings (SSSR count). The van der Waals surface area contributed by atoms with Crippen molar-refractivity contribution < 1.29 is 14.3 Å². The molecule has 0 bridgehead atoms. The zero-order chi connectivity index (χ0) is 14.7. The highest BCUT2D eigenvalue weighted by Gasteiger charge is 2.43. The van der Waals surface area contributed by atoms with Crippen molar-refractivity contribution in [3.63, 3.8) is 0 Å². The van der Waals surface area contributed by atoms with Gasteiger partial charge in [-0.05, 0) is 24.7 Å². The Morgan fingerprint density at radius 2 is 2.29 bits per heavy atom. The Kier molecular flexibility index (Phi) is 4.17. The van der Waals surface area contributed by atoms with Gasteiger partial charge in [0.1, 0.15) is 5.69 Å². The molecule has 1 aromatic rings. The van der Waals surface area contributed by atoms with Gasteiger partial charge in [-0.15, -0.1) is 0 Å². The smallest absolute Gasteiger partial charge is 0.274 e. The lowest BCUT2D eigenvalue weighted by atomic mass is 9.76. The Labute approximate surface area is 124 Å². The van der Waals surface area contributed by atoms with Crippen molar-refractivity contribution in [2.45, 2.75) is 25.4 Å². The van der Waals surface area contributed by atoms with E-state index < -0.39 is 0 Å². The summed E-state index contributed by atoms with van der Waals surface area (Å²) in [6.45, 7) is 2.97. The number of carbonyl (C=O) groups is 1. The van der Waals surface area contributed by atoms with Crippen molar-refractivity contribution in [2.75, 3.05) is 33.4 Å². The minimum atomic E-state index is -0.0229. The Hall–Kier alpha value is -1.53. The number of amides is 1. The minimum Gasteiger partial charge on any atom is -0.382 e. The third-order valence-electron chi connectivity index (χ3n) is 4.53. The average Bonchev–Trinajstić information content (AvgIpc) is 2.91. The summed E-state index contributed by atoms with van der Waals surface area (Å²) >= 11 is 0. The maximum absolute atomic E-state index is 12.3. The first-order valence-corrected chi connectivity index (χ1v) is 7.38. The van der Waals surface area contributed by atoms with Crippen LogP contribution in [0.15, 0.2) is 18.6 Å². The van der Waals surface area contributed by atoms with Crippen molar-refractivity contribution in [1.29, 1.82) is 0 Å². The Morgan fingerprint density at radius 1 is 1.48 bits per heavy atom. The van der Waals surface area contributed by atoms with Crippen LogP contribution in [0, 0.1) is 5.41 Å². The van der Waals surface area contributed by atoms with Crippen LogP contribution >= 0.6 is 0 Å². The molecule has 0 unspecified atom stereocenters. The number of hydrogen-bond acceptors (Lipinski definition) is 5. The molecule has 0 N–H and O–H groups in total. The lowest BCUT2D eigenvalue weighted by Gasteiger charge is -2.38. The molecule has 1 spiro atoms. The van der Waals surface area contributed by atoms with Crippen LogP contribution in [0.1, 0.15) is 29.8 Å². The van der Waals surface area contributed by atoms with Crippen LogP contribution in [0.25, 0.3) is 0 Å². The molecule has 0 aromatic carbocycles. The van der Waals surface area contributed by atoms with Gasteiger partial charge in [0, 0.05) is 32.6 Å². The summed E-state index contributed by atoms with van der Waals surface area (Å²) in [5, 5.41) is 0. The van der Waals surface area contributed by atoms with E-state index in [4.69, 9.17) is 9.47 Å². The summed E-state index contributed by atoms with van der Waals surface area (Å²) in [6, 6.07) is 0. The summed E-state index contributed by atoms with van der Waals surface area (Å²) in [5.74, 6) is -0.0229. The van der Waals surface area contributed by atoms with Gasteiger partial charge in [0.2, 0.25) is 0 Å². The Bertz CT molecular complexity index is 486. The van der Waals surface area contributed by atoms with E-state index in [9.17, 15) is 4.79 Å². The van der Waals surface area contributed by atoms with Crippen molar-refractivity contribution in [1.82, 2.24) is 14.9 Å². The van der Waals surface area contributed by atoms with Crippen LogP contribution in [0.5, 0.6) is 0 Å². The van der Waals surface area contributed by atoms with Gasteiger partial charge in [0.15, 0.2) is 0 Å². The van der Waals surface area contributed by atoms with Crippen LogP contribution < -0.4 is 0 Å². The minimum absolute atomic E-state index is 0.0229. The first-order chi connectivity index (χ1) is 10.2. The van der Waals surface area contributed by atoms with Crippen molar-refractivity contribution in [2.24, 2.45) is 5.41 Å². The zero-order valence-electron chi connectivity index (χ0n) is 12.3. The first kappa shape index (κ1) is 14.4. The summed E-state index contributed by atoms with van der Waals surface area (Å²) in [7, 11) is 1.70. The van der Waals surface area contributed by atoms with Crippen LogP contribution in [0.3, 0.4) is 0 Å². The van der Waals surface area contributed by atoms with E-state index in [1.807, 2.05) is 4.90 Å². The zero-order valence-corrected chi connectivity index (χ0v) is 12.3. The standard InChI is InChI=1S/C15H21N3O3/c1-20-10-12-8-15(11-21-12)2-6-18(7-3-15)14(19)13-9-16-4-5-17-13/h4-5,9,12H,2-3,6-8,10-11H2,1H3/t12-/m0/s1. The van der Waals surface area contributed by atoms with E-state index in [1.165, 1.54) is 6.20 Å². The molecular weight excluding hydrogens is 270 g/mol. The number of piperidine rings is 1. The van der Waals surface area contributed by atoms with Crippen molar-refractivity contribution >= 4 is 5.91 Å². The van der Waals surface area contributed by atoms with Gasteiger partial charge in [-0.1, -0.05) is 0 Å². The summed E-state index contributed by atoms with van der Waals surface area (Å²) in [4.78, 5) is 22.3. The molecule has 3 heterocycles. The molecule has 6 heteroatoms. The molecule has 21 heavy (non-hydrogen) atoms. The Morgan fingerprint density at radius 3 is 2.95 bits per heavy atom. The number of ether oxygens (including phenoxy) is 2. The average molecular weight is 291 g/mol. The largest absolute Gasteiger partial charge is 0.382 e. The molecule has 114 valence electrons. The van der Waals surface area contributed by atoms with E-state index in [1.54, 1.807) is 19.5 Å². The molecule has 0 aliphatic carbocycles. The highest BCUT2D eigenvalue weighted by atomic mass is 16.5. The third kappa shape index (κ3) is 3.06.